The van der Waals surface area contributed by atoms with Crippen LogP contribution >= 0.6 is 11.6 Å². The molecule has 0 aliphatic carbocycles. The molecule has 0 aliphatic heterocycles. The second-order valence-corrected chi connectivity index (χ2v) is 6.58. The van der Waals surface area contributed by atoms with E-state index in [1.54, 1.807) is 4.68 Å². The fraction of sp³-hybridized carbons (Fsp3) is 0.533. The predicted molar refractivity (Wildman–Crippen MR) is 85.9 cm³/mol. The summed E-state index contributed by atoms with van der Waals surface area (Å²) in [5, 5.41) is 8.21. The molecule has 0 bridgehead atoms. The first-order valence-corrected chi connectivity index (χ1v) is 7.42. The van der Waals surface area contributed by atoms with Gasteiger partial charge in [-0.15, -0.1) is 0 Å². The summed E-state index contributed by atoms with van der Waals surface area (Å²) in [6.45, 7) is 8.91. The standard InChI is InChI=1S/C15H22ClN5/c1-10-12(16)18-14(15(2,3)4)19-13(10)17-8-6-11-7-9-21(5)20-11/h7,9H,6,8H2,1-5H3,(H,17,18,19). The molecule has 0 aromatic carbocycles. The first kappa shape index (κ1) is 15.8. The Kier molecular flexibility index (Phi) is 4.52. The molecule has 0 fully saturated rings. The van der Waals surface area contributed by atoms with Gasteiger partial charge in [0.15, 0.2) is 0 Å². The lowest BCUT2D eigenvalue weighted by Crippen LogP contribution is -2.19. The molecule has 0 aliphatic rings. The fourth-order valence-corrected chi connectivity index (χ4v) is 2.07. The predicted octanol–water partition coefficient (Wildman–Crippen LogP) is 3.12. The van der Waals surface area contributed by atoms with Crippen molar-refractivity contribution in [1.29, 1.82) is 0 Å². The molecule has 2 heterocycles. The molecule has 2 rings (SSSR count). The Morgan fingerprint density at radius 1 is 1.29 bits per heavy atom. The Morgan fingerprint density at radius 3 is 2.57 bits per heavy atom. The van der Waals surface area contributed by atoms with E-state index in [2.05, 4.69) is 41.2 Å². The van der Waals surface area contributed by atoms with E-state index in [-0.39, 0.29) is 5.41 Å². The average Bonchev–Trinajstić information content (AvgIpc) is 2.79. The molecule has 2 aromatic heterocycles. The topological polar surface area (TPSA) is 55.6 Å². The summed E-state index contributed by atoms with van der Waals surface area (Å²) in [7, 11) is 1.92. The molecule has 5 nitrogen and oxygen atoms in total. The highest BCUT2D eigenvalue weighted by Gasteiger charge is 2.20. The van der Waals surface area contributed by atoms with Crippen LogP contribution in [-0.4, -0.2) is 26.3 Å². The van der Waals surface area contributed by atoms with Gasteiger partial charge in [-0.1, -0.05) is 32.4 Å². The van der Waals surface area contributed by atoms with Gasteiger partial charge in [0.05, 0.1) is 5.69 Å². The number of hydrogen-bond donors (Lipinski definition) is 1. The summed E-state index contributed by atoms with van der Waals surface area (Å²) in [6.07, 6.45) is 2.78. The molecule has 0 spiro atoms. The van der Waals surface area contributed by atoms with Gasteiger partial charge in [0.2, 0.25) is 0 Å². The van der Waals surface area contributed by atoms with Crippen LogP contribution in [0.1, 0.15) is 37.9 Å². The summed E-state index contributed by atoms with van der Waals surface area (Å²) in [5.74, 6) is 1.55. The van der Waals surface area contributed by atoms with E-state index in [0.717, 1.165) is 35.9 Å². The van der Waals surface area contributed by atoms with Crippen LogP contribution in [0.15, 0.2) is 12.3 Å². The Bertz CT molecular complexity index is 627. The van der Waals surface area contributed by atoms with Crippen LogP contribution in [0.5, 0.6) is 0 Å². The van der Waals surface area contributed by atoms with Crippen molar-refractivity contribution in [1.82, 2.24) is 19.7 Å². The van der Waals surface area contributed by atoms with Gasteiger partial charge in [0, 0.05) is 37.2 Å². The first-order chi connectivity index (χ1) is 9.77. The second kappa shape index (κ2) is 6.02. The van der Waals surface area contributed by atoms with Crippen LogP contribution in [0.4, 0.5) is 5.82 Å². The maximum atomic E-state index is 6.22. The second-order valence-electron chi connectivity index (χ2n) is 6.22. The molecule has 1 N–H and O–H groups in total. The normalized spacial score (nSPS) is 11.7. The quantitative estimate of drug-likeness (QED) is 0.882. The number of nitrogens with one attached hydrogen (secondary N) is 1. The number of aryl methyl sites for hydroxylation is 1. The average molecular weight is 308 g/mol. The largest absolute Gasteiger partial charge is 0.369 e. The molecule has 0 saturated heterocycles. The van der Waals surface area contributed by atoms with Crippen LogP contribution in [0.3, 0.4) is 0 Å². The molecule has 2 aromatic rings. The maximum Gasteiger partial charge on any atom is 0.137 e. The summed E-state index contributed by atoms with van der Waals surface area (Å²) in [6, 6.07) is 2.02. The van der Waals surface area contributed by atoms with Gasteiger partial charge in [0.25, 0.3) is 0 Å². The van der Waals surface area contributed by atoms with Gasteiger partial charge in [-0.2, -0.15) is 5.10 Å². The first-order valence-electron chi connectivity index (χ1n) is 7.04. The lowest BCUT2D eigenvalue weighted by Gasteiger charge is -2.19. The number of aromatic nitrogens is 4. The summed E-state index contributed by atoms with van der Waals surface area (Å²) < 4.78 is 1.81. The van der Waals surface area contributed by atoms with Crippen LogP contribution < -0.4 is 5.32 Å². The van der Waals surface area contributed by atoms with Crippen LogP contribution in [0.2, 0.25) is 5.15 Å². The van der Waals surface area contributed by atoms with Crippen molar-refractivity contribution >= 4 is 17.4 Å². The molecule has 0 atom stereocenters. The lowest BCUT2D eigenvalue weighted by atomic mass is 9.95. The molecule has 21 heavy (non-hydrogen) atoms. The van der Waals surface area contributed by atoms with Crippen LogP contribution in [0.25, 0.3) is 0 Å². The smallest absolute Gasteiger partial charge is 0.137 e. The molecule has 6 heteroatoms. The van der Waals surface area contributed by atoms with E-state index >= 15 is 0 Å². The number of nitrogens with zero attached hydrogens (tertiary/aromatic N) is 4. The van der Waals surface area contributed by atoms with Crippen LogP contribution in [-0.2, 0) is 18.9 Å². The van der Waals surface area contributed by atoms with Crippen molar-refractivity contribution in [3.63, 3.8) is 0 Å². The van der Waals surface area contributed by atoms with Gasteiger partial charge in [-0.3, -0.25) is 4.68 Å². The van der Waals surface area contributed by atoms with Gasteiger partial charge in [0.1, 0.15) is 16.8 Å². The van der Waals surface area contributed by atoms with Crippen molar-refractivity contribution in [2.24, 2.45) is 7.05 Å². The number of rotatable bonds is 4. The third kappa shape index (κ3) is 3.94. The zero-order chi connectivity index (χ0) is 15.6. The van der Waals surface area contributed by atoms with Crippen molar-refractivity contribution in [2.75, 3.05) is 11.9 Å². The molecule has 0 radical (unpaired) electrons. The van der Waals surface area contributed by atoms with Gasteiger partial charge in [-0.05, 0) is 13.0 Å². The highest BCUT2D eigenvalue weighted by atomic mass is 35.5. The number of halogens is 1. The Balaban J connectivity index is 2.10. The van der Waals surface area contributed by atoms with Gasteiger partial charge in [-0.25, -0.2) is 9.97 Å². The Morgan fingerprint density at radius 2 is 2.00 bits per heavy atom. The summed E-state index contributed by atoms with van der Waals surface area (Å²) in [5.41, 5.74) is 1.80. The minimum Gasteiger partial charge on any atom is -0.369 e. The van der Waals surface area contributed by atoms with Crippen molar-refractivity contribution in [3.8, 4) is 0 Å². The molecule has 0 saturated carbocycles. The molecule has 114 valence electrons. The zero-order valence-corrected chi connectivity index (χ0v) is 14.0. The highest BCUT2D eigenvalue weighted by molar-refractivity contribution is 6.30. The molecule has 0 unspecified atom stereocenters. The van der Waals surface area contributed by atoms with E-state index < -0.39 is 0 Å². The molecular formula is C15H22ClN5. The lowest BCUT2D eigenvalue weighted by molar-refractivity contribution is 0.545. The van der Waals surface area contributed by atoms with Crippen molar-refractivity contribution in [2.45, 2.75) is 39.5 Å². The maximum absolute atomic E-state index is 6.22. The zero-order valence-electron chi connectivity index (χ0n) is 13.2. The van der Waals surface area contributed by atoms with Gasteiger partial charge < -0.3 is 5.32 Å². The minimum absolute atomic E-state index is 0.130. The van der Waals surface area contributed by atoms with Crippen molar-refractivity contribution < 1.29 is 0 Å². The van der Waals surface area contributed by atoms with E-state index in [9.17, 15) is 0 Å². The van der Waals surface area contributed by atoms with E-state index in [0.29, 0.717) is 5.15 Å². The molecule has 0 amide bonds. The highest BCUT2D eigenvalue weighted by Crippen LogP contribution is 2.25. The van der Waals surface area contributed by atoms with Crippen molar-refractivity contribution in [3.05, 3.63) is 34.5 Å². The monoisotopic (exact) mass is 307 g/mol. The summed E-state index contributed by atoms with van der Waals surface area (Å²) >= 11 is 6.22. The third-order valence-electron chi connectivity index (χ3n) is 3.20. The Hall–Kier alpha value is -1.62. The SMILES string of the molecule is Cc1c(Cl)nc(C(C)(C)C)nc1NCCc1ccn(C)n1. The third-order valence-corrected chi connectivity index (χ3v) is 3.57. The van der Waals surface area contributed by atoms with Crippen LogP contribution in [0, 0.1) is 6.92 Å². The number of anilines is 1. The fourth-order valence-electron chi connectivity index (χ4n) is 1.90. The Labute approximate surface area is 130 Å². The van der Waals surface area contributed by atoms with E-state index in [1.807, 2.05) is 26.2 Å². The molecular weight excluding hydrogens is 286 g/mol. The number of hydrogen-bond acceptors (Lipinski definition) is 4. The minimum atomic E-state index is -0.130. The summed E-state index contributed by atoms with van der Waals surface area (Å²) in [4.78, 5) is 8.98. The van der Waals surface area contributed by atoms with Gasteiger partial charge >= 0.3 is 0 Å². The van der Waals surface area contributed by atoms with E-state index in [1.165, 1.54) is 0 Å². The van der Waals surface area contributed by atoms with E-state index in [4.69, 9.17) is 11.6 Å².